The van der Waals surface area contributed by atoms with Crippen LogP contribution in [0.3, 0.4) is 0 Å². The topological polar surface area (TPSA) is 20.3 Å². The van der Waals surface area contributed by atoms with Gasteiger partial charge in [0.2, 0.25) is 0 Å². The van der Waals surface area contributed by atoms with Crippen molar-refractivity contribution >= 4 is 5.78 Å². The minimum Gasteiger partial charge on any atom is -0.299 e. The lowest BCUT2D eigenvalue weighted by Crippen LogP contribution is -2.58. The van der Waals surface area contributed by atoms with Crippen LogP contribution < -0.4 is 0 Å². The number of benzene rings is 2. The van der Waals surface area contributed by atoms with Crippen LogP contribution in [-0.4, -0.2) is 16.7 Å². The number of fused-ring (bicyclic) bond motifs is 3. The molecule has 4 aliphatic rings. The summed E-state index contributed by atoms with van der Waals surface area (Å²) in [6, 6.07) is 20.1. The van der Waals surface area contributed by atoms with Gasteiger partial charge in [-0.1, -0.05) is 54.6 Å². The van der Waals surface area contributed by atoms with Crippen LogP contribution in [0.15, 0.2) is 54.6 Å². The third kappa shape index (κ3) is 1.82. The predicted molar refractivity (Wildman–Crippen MR) is 90.0 cm³/mol. The van der Waals surface area contributed by atoms with Crippen LogP contribution in [0.4, 0.5) is 0 Å². The quantitative estimate of drug-likeness (QED) is 0.838. The number of carbonyl (C=O) groups is 1. The number of ketones is 1. The van der Waals surface area contributed by atoms with E-state index in [1.165, 1.54) is 23.1 Å². The highest BCUT2D eigenvalue weighted by atomic mass is 16.1. The first kappa shape index (κ1) is 13.5. The van der Waals surface area contributed by atoms with Gasteiger partial charge in [0, 0.05) is 25.0 Å². The summed E-state index contributed by atoms with van der Waals surface area (Å²) in [4.78, 5) is 15.5. The molecular formula is C21H21NO. The average Bonchev–Trinajstić information content (AvgIpc) is 2.93. The van der Waals surface area contributed by atoms with Crippen LogP contribution in [0, 0.1) is 5.41 Å². The molecule has 2 saturated heterocycles. The van der Waals surface area contributed by atoms with Gasteiger partial charge in [0.15, 0.2) is 0 Å². The number of hydrogen-bond acceptors (Lipinski definition) is 2. The molecule has 3 fully saturated rings. The number of carbonyl (C=O) groups excluding carboxylic acids is 1. The summed E-state index contributed by atoms with van der Waals surface area (Å²) in [5, 5.41) is 0. The van der Waals surface area contributed by atoms with Gasteiger partial charge in [-0.15, -0.1) is 0 Å². The molecular weight excluding hydrogens is 282 g/mol. The predicted octanol–water partition coefficient (Wildman–Crippen LogP) is 3.91. The van der Waals surface area contributed by atoms with Gasteiger partial charge in [-0.2, -0.15) is 0 Å². The van der Waals surface area contributed by atoms with Gasteiger partial charge < -0.3 is 0 Å². The van der Waals surface area contributed by atoms with Crippen molar-refractivity contribution in [2.75, 3.05) is 0 Å². The van der Waals surface area contributed by atoms with Crippen LogP contribution in [0.5, 0.6) is 0 Å². The first-order valence-corrected chi connectivity index (χ1v) is 8.69. The van der Waals surface area contributed by atoms with Gasteiger partial charge in [0.1, 0.15) is 5.78 Å². The van der Waals surface area contributed by atoms with E-state index >= 15 is 0 Å². The summed E-state index contributed by atoms with van der Waals surface area (Å²) >= 11 is 0. The van der Waals surface area contributed by atoms with Crippen molar-refractivity contribution < 1.29 is 4.79 Å². The number of rotatable bonds is 2. The Morgan fingerprint density at radius 2 is 1.83 bits per heavy atom. The molecule has 3 unspecified atom stereocenters. The molecule has 0 N–H and O–H groups in total. The maximum atomic E-state index is 12.9. The molecule has 2 aromatic rings. The number of hydrogen-bond donors (Lipinski definition) is 0. The molecule has 3 atom stereocenters. The molecule has 6 rings (SSSR count). The van der Waals surface area contributed by atoms with Gasteiger partial charge in [-0.3, -0.25) is 9.69 Å². The lowest BCUT2D eigenvalue weighted by molar-refractivity contribution is -0.152. The minimum atomic E-state index is -0.146. The molecule has 23 heavy (non-hydrogen) atoms. The molecule has 2 nitrogen and oxygen atoms in total. The molecule has 2 heteroatoms. The van der Waals surface area contributed by atoms with E-state index in [-0.39, 0.29) is 5.41 Å². The molecule has 2 aromatic carbocycles. The largest absolute Gasteiger partial charge is 0.299 e. The Morgan fingerprint density at radius 3 is 2.65 bits per heavy atom. The highest BCUT2D eigenvalue weighted by Crippen LogP contribution is 2.60. The fourth-order valence-electron chi connectivity index (χ4n) is 5.26. The second-order valence-corrected chi connectivity index (χ2v) is 7.41. The van der Waals surface area contributed by atoms with Crippen LogP contribution in [0.2, 0.25) is 0 Å². The van der Waals surface area contributed by atoms with Crippen molar-refractivity contribution in [3.8, 4) is 0 Å². The molecule has 0 amide bonds. The molecule has 1 spiro atoms. The first-order chi connectivity index (χ1) is 11.3. The normalized spacial score (nSPS) is 31.9. The van der Waals surface area contributed by atoms with Gasteiger partial charge in [0.05, 0.1) is 5.41 Å². The summed E-state index contributed by atoms with van der Waals surface area (Å²) < 4.78 is 0. The zero-order valence-electron chi connectivity index (χ0n) is 13.2. The maximum Gasteiger partial charge on any atom is 0.142 e. The van der Waals surface area contributed by atoms with E-state index in [1.807, 2.05) is 0 Å². The summed E-state index contributed by atoms with van der Waals surface area (Å²) in [5.74, 6) is 0.513. The molecule has 1 saturated carbocycles. The molecule has 2 aliphatic heterocycles. The van der Waals surface area contributed by atoms with Gasteiger partial charge in [0.25, 0.3) is 0 Å². The van der Waals surface area contributed by atoms with Crippen LogP contribution in [0.25, 0.3) is 0 Å². The van der Waals surface area contributed by atoms with Gasteiger partial charge in [-0.05, 0) is 36.0 Å². The Bertz CT molecular complexity index is 768. The van der Waals surface area contributed by atoms with Crippen molar-refractivity contribution in [1.82, 2.24) is 4.90 Å². The Morgan fingerprint density at radius 1 is 1.04 bits per heavy atom. The molecule has 116 valence electrons. The van der Waals surface area contributed by atoms with Gasteiger partial charge >= 0.3 is 0 Å². The van der Waals surface area contributed by atoms with Crippen molar-refractivity contribution in [2.24, 2.45) is 5.41 Å². The highest BCUT2D eigenvalue weighted by molar-refractivity contribution is 5.89. The smallest absolute Gasteiger partial charge is 0.142 e. The number of piperidine rings is 2. The number of Topliss-reactive ketones (excluding diaryl/α,β-unsaturated/α-hetero) is 1. The summed E-state index contributed by atoms with van der Waals surface area (Å²) in [6.45, 7) is 0.958. The zero-order valence-corrected chi connectivity index (χ0v) is 13.2. The molecule has 0 radical (unpaired) electrons. The number of nitrogens with zero attached hydrogens (tertiary/aromatic N) is 1. The zero-order chi connectivity index (χ0) is 15.4. The van der Waals surface area contributed by atoms with Gasteiger partial charge in [-0.25, -0.2) is 0 Å². The highest BCUT2D eigenvalue weighted by Gasteiger charge is 2.60. The van der Waals surface area contributed by atoms with Crippen molar-refractivity contribution in [3.63, 3.8) is 0 Å². The average molecular weight is 303 g/mol. The van der Waals surface area contributed by atoms with Crippen molar-refractivity contribution in [1.29, 1.82) is 0 Å². The van der Waals surface area contributed by atoms with E-state index in [2.05, 4.69) is 59.5 Å². The summed E-state index contributed by atoms with van der Waals surface area (Å²) in [7, 11) is 0. The van der Waals surface area contributed by atoms with Crippen LogP contribution in [-0.2, 0) is 17.8 Å². The van der Waals surface area contributed by atoms with Crippen molar-refractivity contribution in [2.45, 2.75) is 44.3 Å². The Labute approximate surface area is 137 Å². The Kier molecular flexibility index (Phi) is 2.81. The summed E-state index contributed by atoms with van der Waals surface area (Å²) in [5.41, 5.74) is 4.01. The van der Waals surface area contributed by atoms with E-state index in [9.17, 15) is 4.79 Å². The standard InChI is InChI=1S/C21H21NO/c23-19-12-17-10-11-21(19)13-16-8-4-5-9-18(16)20(21)22(17)14-15-6-2-1-3-7-15/h1-9,17,20H,10-14H2. The molecule has 0 aromatic heterocycles. The fraction of sp³-hybridized carbons (Fsp3) is 0.381. The Hall–Kier alpha value is -1.93. The third-order valence-corrected chi connectivity index (χ3v) is 6.29. The van der Waals surface area contributed by atoms with Crippen LogP contribution in [0.1, 0.15) is 42.0 Å². The molecule has 2 bridgehead atoms. The van der Waals surface area contributed by atoms with E-state index in [0.29, 0.717) is 17.9 Å². The second-order valence-electron chi connectivity index (χ2n) is 7.41. The van der Waals surface area contributed by atoms with E-state index in [0.717, 1.165) is 25.8 Å². The van der Waals surface area contributed by atoms with Crippen molar-refractivity contribution in [3.05, 3.63) is 71.3 Å². The van der Waals surface area contributed by atoms with E-state index < -0.39 is 0 Å². The molecule has 2 heterocycles. The Balaban J connectivity index is 1.60. The second kappa shape index (κ2) is 4.78. The minimum absolute atomic E-state index is 0.146. The first-order valence-electron chi connectivity index (χ1n) is 8.69. The fourth-order valence-corrected chi connectivity index (χ4v) is 5.26. The van der Waals surface area contributed by atoms with E-state index in [1.54, 1.807) is 0 Å². The SMILES string of the molecule is O=C1CC2CCC13Cc1ccccc1C3N2Cc1ccccc1. The monoisotopic (exact) mass is 303 g/mol. The summed E-state index contributed by atoms with van der Waals surface area (Å²) in [6.07, 6.45) is 3.94. The van der Waals surface area contributed by atoms with E-state index in [4.69, 9.17) is 0 Å². The maximum absolute atomic E-state index is 12.9. The molecule has 2 aliphatic carbocycles. The lowest BCUT2D eigenvalue weighted by atomic mass is 9.62. The van der Waals surface area contributed by atoms with Crippen LogP contribution >= 0.6 is 0 Å². The lowest BCUT2D eigenvalue weighted by Gasteiger charge is -2.55. The third-order valence-electron chi connectivity index (χ3n) is 6.29.